The Morgan fingerprint density at radius 3 is 2.31 bits per heavy atom. The summed E-state index contributed by atoms with van der Waals surface area (Å²) in [6.45, 7) is 4.55. The monoisotopic (exact) mass is 418 g/mol. The Balaban J connectivity index is 1.52. The fourth-order valence-corrected chi connectivity index (χ4v) is 8.53. The Bertz CT molecular complexity index is 796. The van der Waals surface area contributed by atoms with E-state index in [0.717, 1.165) is 50.5 Å². The van der Waals surface area contributed by atoms with E-state index in [9.17, 15) is 15.3 Å². The second-order valence-corrected chi connectivity index (χ2v) is 11.5. The smallest absolute Gasteiger partial charge is 0.0978 e. The Labute approximate surface area is 179 Å². The van der Waals surface area contributed by atoms with Crippen molar-refractivity contribution in [1.82, 2.24) is 0 Å². The molecule has 3 N–H and O–H groups in total. The summed E-state index contributed by atoms with van der Waals surface area (Å²) in [7, 11) is 0. The molecule has 0 amide bonds. The molecule has 4 aliphatic rings. The number of fused-ring (bicyclic) bond motifs is 5. The van der Waals surface area contributed by atoms with Crippen molar-refractivity contribution in [2.75, 3.05) is 0 Å². The summed E-state index contributed by atoms with van der Waals surface area (Å²) < 4.78 is 0. The van der Waals surface area contributed by atoms with E-state index in [-0.39, 0.29) is 17.4 Å². The molecular formula is C25H35ClO3. The van der Waals surface area contributed by atoms with Crippen LogP contribution in [0.4, 0.5) is 0 Å². The standard InChI is InChI=1S/C25H35ClO3/c1-22-11-9-19(27)15-17(22)5-8-21-20(22)10-12-23(2)24(28,13-14-25(21,23)29)16-3-6-18(26)7-4-16/h3-4,6-7,17,19-21,27-29H,5,8-15H2,1-2H3/t17-,19+,20+,21-,22+,23-,24+,25+/m1/s1. The van der Waals surface area contributed by atoms with Crippen molar-refractivity contribution >= 4 is 11.6 Å². The zero-order valence-corrected chi connectivity index (χ0v) is 18.5. The molecule has 160 valence electrons. The first-order chi connectivity index (χ1) is 13.6. The summed E-state index contributed by atoms with van der Waals surface area (Å²) >= 11 is 6.10. The minimum absolute atomic E-state index is 0.150. The van der Waals surface area contributed by atoms with E-state index in [1.165, 1.54) is 0 Å². The normalized spacial score (nSPS) is 51.8. The molecule has 5 rings (SSSR count). The van der Waals surface area contributed by atoms with Gasteiger partial charge in [0.1, 0.15) is 0 Å². The molecule has 0 unspecified atom stereocenters. The van der Waals surface area contributed by atoms with Gasteiger partial charge < -0.3 is 15.3 Å². The van der Waals surface area contributed by atoms with Crippen molar-refractivity contribution in [3.05, 3.63) is 34.9 Å². The van der Waals surface area contributed by atoms with Gasteiger partial charge in [-0.05, 0) is 98.7 Å². The molecule has 4 fully saturated rings. The number of aliphatic hydroxyl groups excluding tert-OH is 1. The van der Waals surface area contributed by atoms with Gasteiger partial charge in [-0.25, -0.2) is 0 Å². The maximum atomic E-state index is 12.2. The second-order valence-electron chi connectivity index (χ2n) is 11.1. The lowest BCUT2D eigenvalue weighted by molar-refractivity contribution is -0.238. The van der Waals surface area contributed by atoms with E-state index in [2.05, 4.69) is 13.8 Å². The largest absolute Gasteiger partial charge is 0.393 e. The quantitative estimate of drug-likeness (QED) is 0.598. The van der Waals surface area contributed by atoms with Crippen molar-refractivity contribution < 1.29 is 15.3 Å². The number of hydrogen-bond donors (Lipinski definition) is 3. The highest BCUT2D eigenvalue weighted by Gasteiger charge is 2.71. The van der Waals surface area contributed by atoms with Crippen LogP contribution in [0.3, 0.4) is 0 Å². The average molecular weight is 419 g/mol. The van der Waals surface area contributed by atoms with Gasteiger partial charge in [0.25, 0.3) is 0 Å². The summed E-state index contributed by atoms with van der Waals surface area (Å²) in [5, 5.41) is 35.1. The fraction of sp³-hybridized carbons (Fsp3) is 0.760. The van der Waals surface area contributed by atoms with E-state index < -0.39 is 16.6 Å². The maximum absolute atomic E-state index is 12.2. The maximum Gasteiger partial charge on any atom is 0.0978 e. The molecule has 0 spiro atoms. The lowest BCUT2D eigenvalue weighted by atomic mass is 9.43. The highest BCUT2D eigenvalue weighted by atomic mass is 35.5. The summed E-state index contributed by atoms with van der Waals surface area (Å²) in [4.78, 5) is 0. The van der Waals surface area contributed by atoms with Crippen molar-refractivity contribution in [3.8, 4) is 0 Å². The van der Waals surface area contributed by atoms with Crippen molar-refractivity contribution in [1.29, 1.82) is 0 Å². The number of halogens is 1. The molecule has 3 nitrogen and oxygen atoms in total. The molecule has 0 radical (unpaired) electrons. The molecule has 4 saturated carbocycles. The van der Waals surface area contributed by atoms with Crippen LogP contribution >= 0.6 is 11.6 Å². The molecule has 0 aromatic heterocycles. The summed E-state index contributed by atoms with van der Waals surface area (Å²) in [5.41, 5.74) is -1.31. The van der Waals surface area contributed by atoms with Crippen molar-refractivity contribution in [2.24, 2.45) is 28.6 Å². The molecule has 1 aromatic rings. The molecule has 8 atom stereocenters. The Morgan fingerprint density at radius 1 is 0.862 bits per heavy atom. The van der Waals surface area contributed by atoms with Gasteiger partial charge in [-0.2, -0.15) is 0 Å². The molecule has 1 aromatic carbocycles. The predicted molar refractivity (Wildman–Crippen MR) is 115 cm³/mol. The van der Waals surface area contributed by atoms with Crippen LogP contribution in [0.5, 0.6) is 0 Å². The van der Waals surface area contributed by atoms with Gasteiger partial charge in [-0.15, -0.1) is 0 Å². The topological polar surface area (TPSA) is 60.7 Å². The lowest BCUT2D eigenvalue weighted by Crippen LogP contribution is -2.64. The van der Waals surface area contributed by atoms with Crippen LogP contribution in [-0.2, 0) is 5.60 Å². The fourth-order valence-electron chi connectivity index (χ4n) is 8.41. The van der Waals surface area contributed by atoms with Crippen LogP contribution in [0.25, 0.3) is 0 Å². The third-order valence-electron chi connectivity index (χ3n) is 10.3. The highest BCUT2D eigenvalue weighted by molar-refractivity contribution is 6.30. The minimum atomic E-state index is -1.02. The first-order valence-corrected chi connectivity index (χ1v) is 11.9. The van der Waals surface area contributed by atoms with E-state index in [1.54, 1.807) is 0 Å². The van der Waals surface area contributed by atoms with Crippen LogP contribution in [0.15, 0.2) is 24.3 Å². The van der Waals surface area contributed by atoms with Gasteiger partial charge in [-0.1, -0.05) is 37.6 Å². The van der Waals surface area contributed by atoms with Crippen LogP contribution in [0.1, 0.15) is 77.2 Å². The van der Waals surface area contributed by atoms with Gasteiger partial charge in [0.15, 0.2) is 0 Å². The summed E-state index contributed by atoms with van der Waals surface area (Å²) in [5.74, 6) is 1.29. The first kappa shape index (κ1) is 20.3. The molecule has 4 heteroatoms. The predicted octanol–water partition coefficient (Wildman–Crippen LogP) is 5.05. The molecule has 4 aliphatic carbocycles. The van der Waals surface area contributed by atoms with E-state index in [1.807, 2.05) is 24.3 Å². The Hall–Kier alpha value is -0.610. The molecule has 29 heavy (non-hydrogen) atoms. The van der Waals surface area contributed by atoms with Gasteiger partial charge in [0.05, 0.1) is 17.3 Å². The number of benzene rings is 1. The van der Waals surface area contributed by atoms with E-state index in [0.29, 0.717) is 29.7 Å². The minimum Gasteiger partial charge on any atom is -0.393 e. The van der Waals surface area contributed by atoms with Crippen molar-refractivity contribution in [2.45, 2.75) is 88.9 Å². The van der Waals surface area contributed by atoms with Gasteiger partial charge >= 0.3 is 0 Å². The number of aliphatic hydroxyl groups is 3. The molecule has 0 aliphatic heterocycles. The zero-order chi connectivity index (χ0) is 20.7. The van der Waals surface area contributed by atoms with Crippen LogP contribution in [0, 0.1) is 28.6 Å². The van der Waals surface area contributed by atoms with Crippen LogP contribution in [0.2, 0.25) is 5.02 Å². The van der Waals surface area contributed by atoms with Crippen LogP contribution in [-0.4, -0.2) is 27.0 Å². The van der Waals surface area contributed by atoms with E-state index >= 15 is 0 Å². The van der Waals surface area contributed by atoms with Gasteiger partial charge in [-0.3, -0.25) is 0 Å². The summed E-state index contributed by atoms with van der Waals surface area (Å²) in [6.07, 6.45) is 7.99. The Morgan fingerprint density at radius 2 is 1.59 bits per heavy atom. The zero-order valence-electron chi connectivity index (χ0n) is 17.7. The SMILES string of the molecule is C[C@]12CC[C@H](O)C[C@H]1CC[C@@H]1[C@@H]2CC[C@]2(C)[C@@](O)(c3ccc(Cl)cc3)CC[C@]12O. The molecule has 0 bridgehead atoms. The van der Waals surface area contributed by atoms with E-state index in [4.69, 9.17) is 11.6 Å². The third kappa shape index (κ3) is 2.54. The van der Waals surface area contributed by atoms with Gasteiger partial charge in [0.2, 0.25) is 0 Å². The highest BCUT2D eigenvalue weighted by Crippen LogP contribution is 2.71. The molecule has 0 heterocycles. The van der Waals surface area contributed by atoms with Crippen LogP contribution < -0.4 is 0 Å². The van der Waals surface area contributed by atoms with Crippen molar-refractivity contribution in [3.63, 3.8) is 0 Å². The average Bonchev–Trinajstić information content (AvgIpc) is 2.91. The number of hydrogen-bond acceptors (Lipinski definition) is 3. The number of rotatable bonds is 1. The Kier molecular flexibility index (Phi) is 4.51. The lowest BCUT2D eigenvalue weighted by Gasteiger charge is -2.64. The summed E-state index contributed by atoms with van der Waals surface area (Å²) in [6, 6.07) is 7.57. The first-order valence-electron chi connectivity index (χ1n) is 11.5. The van der Waals surface area contributed by atoms with Gasteiger partial charge in [0, 0.05) is 10.4 Å². The molecular weight excluding hydrogens is 384 g/mol. The third-order valence-corrected chi connectivity index (χ3v) is 10.5. The second kappa shape index (κ2) is 6.45. The molecule has 0 saturated heterocycles.